The minimum absolute atomic E-state index is 0.0126. The molecular weight excluding hydrogens is 219 g/mol. The van der Waals surface area contributed by atoms with Crippen LogP contribution in [0, 0.1) is 5.82 Å². The summed E-state index contributed by atoms with van der Waals surface area (Å²) in [5.41, 5.74) is 0. The minimum Gasteiger partial charge on any atom is -0.486 e. The molecule has 0 aromatic heterocycles. The van der Waals surface area contributed by atoms with Gasteiger partial charge in [-0.05, 0) is 18.6 Å². The third-order valence-electron chi connectivity index (χ3n) is 2.32. The highest BCUT2D eigenvalue weighted by Crippen LogP contribution is 2.22. The molecule has 0 radical (unpaired) electrons. The van der Waals surface area contributed by atoms with Crippen molar-refractivity contribution in [1.82, 2.24) is 0 Å². The van der Waals surface area contributed by atoms with Gasteiger partial charge in [0, 0.05) is 0 Å². The summed E-state index contributed by atoms with van der Waals surface area (Å²) >= 11 is 0. The Hall–Kier alpha value is -1.10. The van der Waals surface area contributed by atoms with Gasteiger partial charge in [-0.1, -0.05) is 12.1 Å². The van der Waals surface area contributed by atoms with Gasteiger partial charge in [-0.2, -0.15) is 0 Å². The Bertz CT molecular complexity index is 455. The van der Waals surface area contributed by atoms with Crippen LogP contribution in [0.4, 0.5) is 4.39 Å². The van der Waals surface area contributed by atoms with E-state index in [0.29, 0.717) is 6.42 Å². The van der Waals surface area contributed by atoms with Crippen LogP contribution in [0.5, 0.6) is 5.75 Å². The molecule has 1 aromatic rings. The van der Waals surface area contributed by atoms with Crippen LogP contribution >= 0.6 is 0 Å². The van der Waals surface area contributed by atoms with Gasteiger partial charge in [-0.15, -0.1) is 0 Å². The normalized spacial score (nSPS) is 23.9. The minimum atomic E-state index is -2.98. The van der Waals surface area contributed by atoms with E-state index < -0.39 is 21.8 Å². The Morgan fingerprint density at radius 1 is 1.33 bits per heavy atom. The molecule has 1 heterocycles. The van der Waals surface area contributed by atoms with Gasteiger partial charge in [-0.25, -0.2) is 12.8 Å². The Kier molecular flexibility index (Phi) is 2.65. The van der Waals surface area contributed by atoms with Crippen molar-refractivity contribution in [1.29, 1.82) is 0 Å². The second kappa shape index (κ2) is 3.81. The quantitative estimate of drug-likeness (QED) is 0.771. The Morgan fingerprint density at radius 3 is 2.67 bits per heavy atom. The predicted molar refractivity (Wildman–Crippen MR) is 54.1 cm³/mol. The zero-order chi connectivity index (χ0) is 10.9. The first kappa shape index (κ1) is 10.4. The van der Waals surface area contributed by atoms with E-state index in [1.807, 2.05) is 0 Å². The molecule has 82 valence electrons. The van der Waals surface area contributed by atoms with Crippen LogP contribution in [-0.4, -0.2) is 26.0 Å². The summed E-state index contributed by atoms with van der Waals surface area (Å²) in [6.45, 7) is 0. The topological polar surface area (TPSA) is 43.4 Å². The lowest BCUT2D eigenvalue weighted by Crippen LogP contribution is -2.18. The average Bonchev–Trinajstić information content (AvgIpc) is 2.50. The van der Waals surface area contributed by atoms with Crippen LogP contribution < -0.4 is 4.74 Å². The summed E-state index contributed by atoms with van der Waals surface area (Å²) in [7, 11) is -2.98. The summed E-state index contributed by atoms with van der Waals surface area (Å²) in [4.78, 5) is 0. The summed E-state index contributed by atoms with van der Waals surface area (Å²) in [6.07, 6.45) is 0.0309. The maximum absolute atomic E-state index is 13.2. The van der Waals surface area contributed by atoms with E-state index in [-0.39, 0.29) is 17.3 Å². The summed E-state index contributed by atoms with van der Waals surface area (Å²) < 4.78 is 40.7. The van der Waals surface area contributed by atoms with Crippen LogP contribution in [0.15, 0.2) is 24.3 Å². The van der Waals surface area contributed by atoms with E-state index >= 15 is 0 Å². The van der Waals surface area contributed by atoms with E-state index in [2.05, 4.69) is 0 Å². The van der Waals surface area contributed by atoms with Crippen LogP contribution in [-0.2, 0) is 9.84 Å². The first-order chi connectivity index (χ1) is 7.07. The zero-order valence-electron chi connectivity index (χ0n) is 8.02. The predicted octanol–water partition coefficient (Wildman–Crippen LogP) is 1.39. The molecule has 0 aliphatic carbocycles. The molecule has 0 N–H and O–H groups in total. The van der Waals surface area contributed by atoms with E-state index in [4.69, 9.17) is 4.74 Å². The van der Waals surface area contributed by atoms with Crippen molar-refractivity contribution in [2.24, 2.45) is 0 Å². The molecule has 1 unspecified atom stereocenters. The molecule has 2 rings (SSSR count). The highest BCUT2D eigenvalue weighted by Gasteiger charge is 2.29. The van der Waals surface area contributed by atoms with Crippen molar-refractivity contribution in [2.45, 2.75) is 12.5 Å². The summed E-state index contributed by atoms with van der Waals surface area (Å²) in [5.74, 6) is -0.214. The molecule has 0 spiro atoms. The average molecular weight is 230 g/mol. The molecule has 3 nitrogen and oxygen atoms in total. The number of para-hydroxylation sites is 1. The van der Waals surface area contributed by atoms with Crippen LogP contribution in [0.25, 0.3) is 0 Å². The number of sulfone groups is 1. The van der Waals surface area contributed by atoms with E-state index in [0.717, 1.165) is 0 Å². The van der Waals surface area contributed by atoms with Gasteiger partial charge < -0.3 is 4.74 Å². The number of ether oxygens (including phenoxy) is 1. The lowest BCUT2D eigenvalue weighted by molar-refractivity contribution is 0.218. The van der Waals surface area contributed by atoms with Gasteiger partial charge in [0.25, 0.3) is 0 Å². The largest absolute Gasteiger partial charge is 0.486 e. The van der Waals surface area contributed by atoms with Crippen LogP contribution in [0.2, 0.25) is 0 Å². The SMILES string of the molecule is O=S1(=O)CCC(Oc2ccccc2F)C1. The number of benzene rings is 1. The van der Waals surface area contributed by atoms with Crippen molar-refractivity contribution >= 4 is 9.84 Å². The smallest absolute Gasteiger partial charge is 0.165 e. The molecule has 1 aromatic carbocycles. The molecule has 15 heavy (non-hydrogen) atoms. The summed E-state index contributed by atoms with van der Waals surface area (Å²) in [5, 5.41) is 0. The monoisotopic (exact) mass is 230 g/mol. The van der Waals surface area contributed by atoms with Crippen molar-refractivity contribution < 1.29 is 17.5 Å². The molecule has 1 fully saturated rings. The lowest BCUT2D eigenvalue weighted by Gasteiger charge is -2.11. The van der Waals surface area contributed by atoms with Gasteiger partial charge in [0.05, 0.1) is 11.5 Å². The Balaban J connectivity index is 2.08. The van der Waals surface area contributed by atoms with E-state index in [1.165, 1.54) is 12.1 Å². The van der Waals surface area contributed by atoms with Crippen LogP contribution in [0.1, 0.15) is 6.42 Å². The molecule has 5 heteroatoms. The number of hydrogen-bond acceptors (Lipinski definition) is 3. The van der Waals surface area contributed by atoms with Crippen molar-refractivity contribution in [2.75, 3.05) is 11.5 Å². The fourth-order valence-corrected chi connectivity index (χ4v) is 3.16. The van der Waals surface area contributed by atoms with Crippen LogP contribution in [0.3, 0.4) is 0 Å². The van der Waals surface area contributed by atoms with Gasteiger partial charge in [0.1, 0.15) is 6.10 Å². The number of halogens is 1. The molecule has 1 atom stereocenters. The number of rotatable bonds is 2. The Morgan fingerprint density at radius 2 is 2.07 bits per heavy atom. The zero-order valence-corrected chi connectivity index (χ0v) is 8.84. The second-order valence-corrected chi connectivity index (χ2v) is 5.80. The maximum atomic E-state index is 13.2. The molecule has 0 bridgehead atoms. The fraction of sp³-hybridized carbons (Fsp3) is 0.400. The van der Waals surface area contributed by atoms with Gasteiger partial charge in [0.2, 0.25) is 0 Å². The molecule has 1 saturated heterocycles. The third-order valence-corrected chi connectivity index (χ3v) is 4.06. The molecule has 1 aliphatic rings. The number of hydrogen-bond donors (Lipinski definition) is 0. The fourth-order valence-electron chi connectivity index (χ4n) is 1.57. The van der Waals surface area contributed by atoms with Gasteiger partial charge in [-0.3, -0.25) is 0 Å². The van der Waals surface area contributed by atoms with Crippen molar-refractivity contribution in [3.63, 3.8) is 0 Å². The van der Waals surface area contributed by atoms with E-state index in [9.17, 15) is 12.8 Å². The third kappa shape index (κ3) is 2.47. The first-order valence-electron chi connectivity index (χ1n) is 4.68. The van der Waals surface area contributed by atoms with Crippen molar-refractivity contribution in [3.05, 3.63) is 30.1 Å². The highest BCUT2D eigenvalue weighted by atomic mass is 32.2. The van der Waals surface area contributed by atoms with Crippen molar-refractivity contribution in [3.8, 4) is 5.75 Å². The van der Waals surface area contributed by atoms with Gasteiger partial charge >= 0.3 is 0 Å². The highest BCUT2D eigenvalue weighted by molar-refractivity contribution is 7.91. The molecular formula is C10H11FO3S. The second-order valence-electron chi connectivity index (χ2n) is 3.57. The molecule has 1 aliphatic heterocycles. The standard InChI is InChI=1S/C10H11FO3S/c11-9-3-1-2-4-10(9)14-8-5-6-15(12,13)7-8/h1-4,8H,5-7H2. The molecule has 0 amide bonds. The first-order valence-corrected chi connectivity index (χ1v) is 6.50. The summed E-state index contributed by atoms with van der Waals surface area (Å²) in [6, 6.07) is 6.01. The van der Waals surface area contributed by atoms with E-state index in [1.54, 1.807) is 12.1 Å². The maximum Gasteiger partial charge on any atom is 0.165 e. The lowest BCUT2D eigenvalue weighted by atomic mass is 10.3. The molecule has 0 saturated carbocycles. The van der Waals surface area contributed by atoms with Gasteiger partial charge in [0.15, 0.2) is 21.4 Å². The Labute approximate surface area is 87.8 Å².